The Morgan fingerprint density at radius 2 is 1.47 bits per heavy atom. The van der Waals surface area contributed by atoms with Crippen LogP contribution in [0.2, 0.25) is 10.0 Å². The summed E-state index contributed by atoms with van der Waals surface area (Å²) in [5.41, 5.74) is -0.740. The van der Waals surface area contributed by atoms with E-state index < -0.39 is 59.4 Å². The number of benzene rings is 2. The Hall–Kier alpha value is -4.29. The van der Waals surface area contributed by atoms with E-state index in [1.54, 1.807) is 53.7 Å². The van der Waals surface area contributed by atoms with Gasteiger partial charge in [-0.15, -0.1) is 0 Å². The van der Waals surface area contributed by atoms with Gasteiger partial charge in [-0.05, 0) is 77.8 Å². The van der Waals surface area contributed by atoms with Gasteiger partial charge in [0.1, 0.15) is 17.2 Å². The Morgan fingerprint density at radius 1 is 0.872 bits per heavy atom. The summed E-state index contributed by atoms with van der Waals surface area (Å²) in [7, 11) is 0. The SMILES string of the molecule is CC(C)(C)OC(=O)CC(Cc1cccc(C(=O)NCC(=O)CC[C@H](NC(=O)c2c(Cl)cccc2Cl)C(=O)O)c1)=NC(=O)OC(C)(C)C. The number of aliphatic carboxylic acids is 1. The lowest BCUT2D eigenvalue weighted by atomic mass is 10.0. The van der Waals surface area contributed by atoms with Gasteiger partial charge >= 0.3 is 18.0 Å². The van der Waals surface area contributed by atoms with Crippen LogP contribution in [0.3, 0.4) is 0 Å². The van der Waals surface area contributed by atoms with Crippen LogP contribution in [0.5, 0.6) is 0 Å². The van der Waals surface area contributed by atoms with Gasteiger partial charge < -0.3 is 25.2 Å². The van der Waals surface area contributed by atoms with Gasteiger partial charge in [-0.25, -0.2) is 9.59 Å². The molecule has 47 heavy (non-hydrogen) atoms. The molecule has 0 bridgehead atoms. The van der Waals surface area contributed by atoms with E-state index in [1.165, 1.54) is 30.3 Å². The number of amides is 3. The van der Waals surface area contributed by atoms with E-state index in [4.69, 9.17) is 32.7 Å². The maximum Gasteiger partial charge on any atom is 0.434 e. The molecule has 0 radical (unpaired) electrons. The second kappa shape index (κ2) is 17.0. The summed E-state index contributed by atoms with van der Waals surface area (Å²) < 4.78 is 10.6. The highest BCUT2D eigenvalue weighted by Crippen LogP contribution is 2.24. The topological polar surface area (TPSA) is 178 Å². The van der Waals surface area contributed by atoms with E-state index in [-0.39, 0.29) is 52.6 Å². The van der Waals surface area contributed by atoms with E-state index in [1.807, 2.05) is 0 Å². The van der Waals surface area contributed by atoms with E-state index in [0.717, 1.165) is 0 Å². The van der Waals surface area contributed by atoms with E-state index >= 15 is 0 Å². The minimum Gasteiger partial charge on any atom is -0.480 e. The van der Waals surface area contributed by atoms with Crippen LogP contribution in [0.4, 0.5) is 4.79 Å². The van der Waals surface area contributed by atoms with Crippen molar-refractivity contribution in [2.45, 2.75) is 84.5 Å². The number of Topliss-reactive ketones (excluding diaryl/α,β-unsaturated/α-hetero) is 1. The number of carboxylic acid groups (broad SMARTS) is 1. The quantitative estimate of drug-likeness (QED) is 0.178. The van der Waals surface area contributed by atoms with E-state index in [0.29, 0.717) is 5.56 Å². The molecule has 0 aliphatic carbocycles. The first kappa shape index (κ1) is 38.9. The first-order valence-electron chi connectivity index (χ1n) is 14.6. The Labute approximate surface area is 283 Å². The Morgan fingerprint density at radius 3 is 2.04 bits per heavy atom. The molecule has 2 aromatic carbocycles. The number of ketones is 1. The molecule has 3 amide bonds. The smallest absolute Gasteiger partial charge is 0.434 e. The van der Waals surface area contributed by atoms with Gasteiger partial charge in [0, 0.05) is 24.1 Å². The summed E-state index contributed by atoms with van der Waals surface area (Å²) in [4.78, 5) is 78.6. The zero-order valence-corrected chi connectivity index (χ0v) is 28.6. The molecule has 0 spiro atoms. The van der Waals surface area contributed by atoms with Gasteiger partial charge in [0.25, 0.3) is 11.8 Å². The number of esters is 1. The monoisotopic (exact) mass is 691 g/mol. The molecule has 0 aliphatic heterocycles. The van der Waals surface area contributed by atoms with Crippen LogP contribution in [0.15, 0.2) is 47.5 Å². The van der Waals surface area contributed by atoms with Crippen LogP contribution in [0, 0.1) is 0 Å². The Kier molecular flexibility index (Phi) is 14.1. The molecule has 0 fully saturated rings. The third-order valence-corrected chi connectivity index (χ3v) is 6.59. The average Bonchev–Trinajstić information content (AvgIpc) is 2.91. The third-order valence-electron chi connectivity index (χ3n) is 5.96. The molecule has 0 aromatic heterocycles. The summed E-state index contributed by atoms with van der Waals surface area (Å²) in [5, 5.41) is 14.4. The number of nitrogens with zero attached hydrogens (tertiary/aromatic N) is 1. The molecule has 0 heterocycles. The van der Waals surface area contributed by atoms with Crippen LogP contribution in [-0.4, -0.2) is 70.2 Å². The molecule has 254 valence electrons. The van der Waals surface area contributed by atoms with Gasteiger partial charge in [0.05, 0.1) is 28.6 Å². The molecule has 0 aliphatic rings. The van der Waals surface area contributed by atoms with E-state index in [9.17, 15) is 33.9 Å². The van der Waals surface area contributed by atoms with Crippen molar-refractivity contribution in [1.29, 1.82) is 0 Å². The predicted octanol–water partition coefficient (Wildman–Crippen LogP) is 5.61. The van der Waals surface area contributed by atoms with Gasteiger partial charge in [0.15, 0.2) is 5.78 Å². The van der Waals surface area contributed by atoms with Crippen molar-refractivity contribution in [3.05, 3.63) is 69.2 Å². The van der Waals surface area contributed by atoms with Crippen molar-refractivity contribution in [1.82, 2.24) is 10.6 Å². The Bertz CT molecular complexity index is 1520. The van der Waals surface area contributed by atoms with Gasteiger partial charge in [-0.3, -0.25) is 19.2 Å². The second-order valence-corrected chi connectivity index (χ2v) is 13.3. The molecule has 14 heteroatoms. The lowest BCUT2D eigenvalue weighted by molar-refractivity contribution is -0.153. The molecule has 0 saturated heterocycles. The minimum absolute atomic E-state index is 0.0280. The van der Waals surface area contributed by atoms with Crippen molar-refractivity contribution >= 4 is 64.5 Å². The molecule has 0 saturated carbocycles. The second-order valence-electron chi connectivity index (χ2n) is 12.5. The average molecular weight is 693 g/mol. The van der Waals surface area contributed by atoms with Crippen molar-refractivity contribution in [3.63, 3.8) is 0 Å². The molecule has 2 aromatic rings. The van der Waals surface area contributed by atoms with Crippen LogP contribution < -0.4 is 10.6 Å². The summed E-state index contributed by atoms with van der Waals surface area (Å²) >= 11 is 12.0. The first-order valence-corrected chi connectivity index (χ1v) is 15.4. The van der Waals surface area contributed by atoms with Crippen molar-refractivity contribution < 1.29 is 43.3 Å². The number of carbonyl (C=O) groups excluding carboxylic acids is 5. The number of carbonyl (C=O) groups is 6. The Balaban J connectivity index is 2.04. The number of halogens is 2. The fraction of sp³-hybridized carbons (Fsp3) is 0.424. The molecular weight excluding hydrogens is 653 g/mol. The number of nitrogens with one attached hydrogen (secondary N) is 2. The van der Waals surface area contributed by atoms with Crippen molar-refractivity contribution in [2.24, 2.45) is 4.99 Å². The minimum atomic E-state index is -1.41. The number of rotatable bonds is 13. The maximum atomic E-state index is 12.9. The molecule has 12 nitrogen and oxygen atoms in total. The lowest BCUT2D eigenvalue weighted by Gasteiger charge is -2.20. The summed E-state index contributed by atoms with van der Waals surface area (Å²) in [6, 6.07) is 9.29. The fourth-order valence-corrected chi connectivity index (χ4v) is 4.60. The lowest BCUT2D eigenvalue weighted by Crippen LogP contribution is -2.41. The standard InChI is InChI=1S/C33H39Cl2N3O9/c1-32(2,3)46-26(40)17-21(37-31(45)47-33(4,5)6)16-19-9-7-10-20(15-19)28(41)36-18-22(39)13-14-25(30(43)44)38-29(42)27-23(34)11-8-12-24(27)35/h7-12,15,25H,13-14,16-18H2,1-6H3,(H,36,41)(H,38,42)(H,43,44)/t25-/m0/s1. The normalized spacial score (nSPS) is 12.5. The highest BCUT2D eigenvalue weighted by atomic mass is 35.5. The van der Waals surface area contributed by atoms with Gasteiger partial charge in [-0.2, -0.15) is 4.99 Å². The third kappa shape index (κ3) is 14.3. The van der Waals surface area contributed by atoms with E-state index in [2.05, 4.69) is 15.6 Å². The molecule has 3 N–H and O–H groups in total. The van der Waals surface area contributed by atoms with Crippen LogP contribution in [-0.2, 0) is 30.3 Å². The molecule has 0 unspecified atom stereocenters. The predicted molar refractivity (Wildman–Crippen MR) is 176 cm³/mol. The largest absolute Gasteiger partial charge is 0.480 e. The first-order chi connectivity index (χ1) is 21.7. The summed E-state index contributed by atoms with van der Waals surface area (Å²) in [6.07, 6.45) is -1.64. The summed E-state index contributed by atoms with van der Waals surface area (Å²) in [6.45, 7) is 9.78. The maximum absolute atomic E-state index is 12.9. The van der Waals surface area contributed by atoms with Crippen LogP contribution in [0.25, 0.3) is 0 Å². The van der Waals surface area contributed by atoms with Crippen LogP contribution >= 0.6 is 23.2 Å². The highest BCUT2D eigenvalue weighted by Gasteiger charge is 2.25. The number of aliphatic imine (C=N–C) groups is 1. The number of hydrogen-bond donors (Lipinski definition) is 3. The number of ether oxygens (including phenoxy) is 2. The van der Waals surface area contributed by atoms with Crippen molar-refractivity contribution in [2.75, 3.05) is 6.54 Å². The van der Waals surface area contributed by atoms with Crippen LogP contribution in [0.1, 0.15) is 87.1 Å². The molecular formula is C33H39Cl2N3O9. The van der Waals surface area contributed by atoms with Crippen molar-refractivity contribution in [3.8, 4) is 0 Å². The zero-order valence-electron chi connectivity index (χ0n) is 27.1. The zero-order chi connectivity index (χ0) is 35.5. The van der Waals surface area contributed by atoms with Gasteiger partial charge in [0.2, 0.25) is 0 Å². The number of carboxylic acids is 1. The van der Waals surface area contributed by atoms with Gasteiger partial charge in [-0.1, -0.05) is 41.4 Å². The molecule has 2 rings (SSSR count). The summed E-state index contributed by atoms with van der Waals surface area (Å²) in [5.74, 6) is -3.83. The highest BCUT2D eigenvalue weighted by molar-refractivity contribution is 6.39. The number of hydrogen-bond acceptors (Lipinski definition) is 8. The molecule has 1 atom stereocenters. The fourth-order valence-electron chi connectivity index (χ4n) is 4.03.